The monoisotopic (exact) mass is 682 g/mol. The van der Waals surface area contributed by atoms with Crippen molar-refractivity contribution in [3.63, 3.8) is 0 Å². The molecule has 0 aliphatic heterocycles. The van der Waals surface area contributed by atoms with Gasteiger partial charge in [-0.3, -0.25) is 0 Å². The molecule has 0 aliphatic rings. The lowest BCUT2D eigenvalue weighted by atomic mass is 10.0. The van der Waals surface area contributed by atoms with Gasteiger partial charge in [-0.2, -0.15) is 22.0 Å². The van der Waals surface area contributed by atoms with Crippen LogP contribution in [0.5, 0.6) is 5.75 Å². The third-order valence-corrected chi connectivity index (χ3v) is 6.92. The molecular weight excluding hydrogens is 662 g/mol. The van der Waals surface area contributed by atoms with Gasteiger partial charge in [0.25, 0.3) is 0 Å². The second-order valence-corrected chi connectivity index (χ2v) is 10.6. The summed E-state index contributed by atoms with van der Waals surface area (Å²) in [6.07, 6.45) is -5.94. The molecule has 0 aliphatic carbocycles. The van der Waals surface area contributed by atoms with Gasteiger partial charge in [0, 0.05) is 22.8 Å². The van der Waals surface area contributed by atoms with Crippen LogP contribution in [0.15, 0.2) is 60.7 Å². The predicted octanol–water partition coefficient (Wildman–Crippen LogP) is 10.7. The molecule has 4 aromatic rings. The van der Waals surface area contributed by atoms with E-state index in [2.05, 4.69) is 35.3 Å². The second-order valence-electron chi connectivity index (χ2n) is 10.2. The van der Waals surface area contributed by atoms with Gasteiger partial charge < -0.3 is 4.74 Å². The molecule has 0 spiro atoms. The molecule has 4 rings (SSSR count). The Kier molecular flexibility index (Phi) is 10.8. The minimum Gasteiger partial charge on any atom is -0.429 e. The molecule has 0 unspecified atom stereocenters. The number of ether oxygens (including phenoxy) is 1. The molecule has 0 bridgehead atoms. The van der Waals surface area contributed by atoms with E-state index < -0.39 is 74.4 Å². The van der Waals surface area contributed by atoms with Crippen molar-refractivity contribution >= 4 is 11.6 Å². The Bertz CT molecular complexity index is 1840. The Balaban J connectivity index is 1.53. The minimum absolute atomic E-state index is 0.0181. The molecule has 0 atom stereocenters. The standard InChI is InChI=1S/C35H21ClF10O/c1-2-3-4-5-20-6-8-21(9-7-20)10-11-22-14-27(37)25(28(38)15-22)13-12-23-16-29(39)33(30(40)17-23)35(45,46)47-24-18-26(36)32(31(41)19-24)34(42,43)44/h6-9,14-19H,2-5H2,1H3. The average Bonchev–Trinajstić information content (AvgIpc) is 2.94. The molecule has 0 saturated carbocycles. The zero-order valence-electron chi connectivity index (χ0n) is 24.2. The lowest BCUT2D eigenvalue weighted by Gasteiger charge is -2.20. The van der Waals surface area contributed by atoms with Gasteiger partial charge in [0.2, 0.25) is 0 Å². The summed E-state index contributed by atoms with van der Waals surface area (Å²) in [5.74, 6) is 0.108. The summed E-state index contributed by atoms with van der Waals surface area (Å²) in [7, 11) is 0. The highest BCUT2D eigenvalue weighted by Gasteiger charge is 2.42. The summed E-state index contributed by atoms with van der Waals surface area (Å²) < 4.78 is 145. The summed E-state index contributed by atoms with van der Waals surface area (Å²) in [5, 5.41) is -1.34. The topological polar surface area (TPSA) is 9.23 Å². The van der Waals surface area contributed by atoms with Gasteiger partial charge in [-0.15, -0.1) is 0 Å². The normalized spacial score (nSPS) is 11.4. The van der Waals surface area contributed by atoms with Crippen LogP contribution in [0.2, 0.25) is 5.02 Å². The number of hydrogen-bond donors (Lipinski definition) is 0. The van der Waals surface area contributed by atoms with Crippen molar-refractivity contribution in [1.29, 1.82) is 0 Å². The van der Waals surface area contributed by atoms with Crippen molar-refractivity contribution in [3.8, 4) is 29.4 Å². The van der Waals surface area contributed by atoms with Crippen molar-refractivity contribution < 1.29 is 48.6 Å². The zero-order valence-corrected chi connectivity index (χ0v) is 24.9. The van der Waals surface area contributed by atoms with Crippen LogP contribution in [-0.2, 0) is 18.7 Å². The summed E-state index contributed by atoms with van der Waals surface area (Å²) in [4.78, 5) is 0. The number of hydrogen-bond acceptors (Lipinski definition) is 1. The first-order valence-electron chi connectivity index (χ1n) is 13.8. The van der Waals surface area contributed by atoms with E-state index in [1.165, 1.54) is 0 Å². The summed E-state index contributed by atoms with van der Waals surface area (Å²) >= 11 is 5.35. The van der Waals surface area contributed by atoms with Crippen LogP contribution in [-0.4, -0.2) is 0 Å². The lowest BCUT2D eigenvalue weighted by Crippen LogP contribution is -2.25. The van der Waals surface area contributed by atoms with Crippen molar-refractivity contribution in [1.82, 2.24) is 0 Å². The lowest BCUT2D eigenvalue weighted by molar-refractivity contribution is -0.189. The van der Waals surface area contributed by atoms with Crippen molar-refractivity contribution in [3.05, 3.63) is 134 Å². The van der Waals surface area contributed by atoms with E-state index in [0.29, 0.717) is 17.7 Å². The Morgan fingerprint density at radius 2 is 1.13 bits per heavy atom. The quantitative estimate of drug-likeness (QED) is 0.107. The molecule has 0 fully saturated rings. The number of alkyl halides is 5. The van der Waals surface area contributed by atoms with E-state index in [-0.39, 0.29) is 17.7 Å². The summed E-state index contributed by atoms with van der Waals surface area (Å²) in [5.41, 5.74) is -3.60. The predicted molar refractivity (Wildman–Crippen MR) is 155 cm³/mol. The first-order valence-corrected chi connectivity index (χ1v) is 14.2. The molecule has 12 heteroatoms. The van der Waals surface area contributed by atoms with Crippen molar-refractivity contribution in [2.75, 3.05) is 0 Å². The van der Waals surface area contributed by atoms with Crippen molar-refractivity contribution in [2.45, 2.75) is 44.9 Å². The van der Waals surface area contributed by atoms with E-state index in [9.17, 15) is 43.9 Å². The fraction of sp³-hybridized carbons (Fsp3) is 0.200. The maximum absolute atomic E-state index is 14.7. The van der Waals surface area contributed by atoms with Gasteiger partial charge in [0.15, 0.2) is 0 Å². The van der Waals surface area contributed by atoms with Gasteiger partial charge in [-0.05, 0) is 60.9 Å². The summed E-state index contributed by atoms with van der Waals surface area (Å²) in [6, 6.07) is 9.96. The number of unbranched alkanes of at least 4 members (excludes halogenated alkanes) is 2. The van der Waals surface area contributed by atoms with E-state index in [4.69, 9.17) is 11.6 Å². The molecule has 47 heavy (non-hydrogen) atoms. The summed E-state index contributed by atoms with van der Waals surface area (Å²) in [6.45, 7) is 2.11. The number of benzene rings is 4. The highest BCUT2D eigenvalue weighted by atomic mass is 35.5. The molecule has 0 N–H and O–H groups in total. The van der Waals surface area contributed by atoms with Gasteiger partial charge in [0.05, 0.1) is 10.6 Å². The molecule has 0 radical (unpaired) electrons. The van der Waals surface area contributed by atoms with Crippen LogP contribution in [0.25, 0.3) is 0 Å². The van der Waals surface area contributed by atoms with Crippen LogP contribution in [0.3, 0.4) is 0 Å². The highest BCUT2D eigenvalue weighted by molar-refractivity contribution is 6.31. The third kappa shape index (κ3) is 8.81. The van der Waals surface area contributed by atoms with E-state index >= 15 is 0 Å². The number of halogens is 11. The molecule has 0 saturated heterocycles. The highest BCUT2D eigenvalue weighted by Crippen LogP contribution is 2.41. The SMILES string of the molecule is CCCCCc1ccc(C#Cc2cc(F)c(C#Cc3cc(F)c(C(F)(F)Oc4cc(F)c(C(F)(F)F)c(Cl)c4)c(F)c3)c(F)c2)cc1. The fourth-order valence-electron chi connectivity index (χ4n) is 4.38. The maximum atomic E-state index is 14.7. The number of rotatable bonds is 7. The first-order chi connectivity index (χ1) is 22.1. The van der Waals surface area contributed by atoms with E-state index in [0.717, 1.165) is 43.4 Å². The number of aryl methyl sites for hydroxylation is 1. The zero-order chi connectivity index (χ0) is 34.5. The molecule has 1 nitrogen and oxygen atoms in total. The molecule has 244 valence electrons. The van der Waals surface area contributed by atoms with E-state index in [1.807, 2.05) is 12.1 Å². The van der Waals surface area contributed by atoms with Crippen molar-refractivity contribution in [2.24, 2.45) is 0 Å². The van der Waals surface area contributed by atoms with Crippen LogP contribution in [0.1, 0.15) is 65.1 Å². The van der Waals surface area contributed by atoms with Crippen LogP contribution < -0.4 is 4.74 Å². The third-order valence-electron chi connectivity index (χ3n) is 6.63. The van der Waals surface area contributed by atoms with Gasteiger partial charge in [-0.25, -0.2) is 22.0 Å². The Morgan fingerprint density at radius 1 is 0.617 bits per heavy atom. The Morgan fingerprint density at radius 3 is 1.66 bits per heavy atom. The molecule has 0 heterocycles. The van der Waals surface area contributed by atoms with Gasteiger partial charge in [-0.1, -0.05) is 67.2 Å². The average molecular weight is 683 g/mol. The minimum atomic E-state index is -5.26. The van der Waals surface area contributed by atoms with Crippen LogP contribution in [0.4, 0.5) is 43.9 Å². The first kappa shape index (κ1) is 35.2. The van der Waals surface area contributed by atoms with E-state index in [1.54, 1.807) is 12.1 Å². The Labute approximate surface area is 268 Å². The van der Waals surface area contributed by atoms with Gasteiger partial charge >= 0.3 is 12.3 Å². The second kappa shape index (κ2) is 14.4. The fourth-order valence-corrected chi connectivity index (χ4v) is 4.68. The smallest absolute Gasteiger partial charge is 0.429 e. The molecule has 0 amide bonds. The molecular formula is C35H21ClF10O. The van der Waals surface area contributed by atoms with Crippen LogP contribution in [0, 0.1) is 52.8 Å². The largest absolute Gasteiger partial charge is 0.432 e. The van der Waals surface area contributed by atoms with Crippen LogP contribution >= 0.6 is 11.6 Å². The Hall–Kier alpha value is -4.61. The van der Waals surface area contributed by atoms with Gasteiger partial charge in [0.1, 0.15) is 46.0 Å². The maximum Gasteiger partial charge on any atom is 0.432 e. The molecule has 0 aromatic heterocycles. The molecule has 4 aromatic carbocycles.